The van der Waals surface area contributed by atoms with Gasteiger partial charge in [-0.2, -0.15) is 18.3 Å². The summed E-state index contributed by atoms with van der Waals surface area (Å²) in [6, 6.07) is 2.56. The summed E-state index contributed by atoms with van der Waals surface area (Å²) >= 11 is 5.49. The number of aliphatic hydroxyl groups excluding tert-OH is 1. The Hall–Kier alpha value is -1.60. The number of halogens is 4. The molecule has 0 spiro atoms. The summed E-state index contributed by atoms with van der Waals surface area (Å²) in [5.41, 5.74) is -0.541. The van der Waals surface area contributed by atoms with E-state index in [1.807, 2.05) is 0 Å². The average Bonchev–Trinajstić information content (AvgIpc) is 2.78. The van der Waals surface area contributed by atoms with Crippen LogP contribution < -0.4 is 0 Å². The molecule has 0 aliphatic carbocycles. The van der Waals surface area contributed by atoms with Crippen molar-refractivity contribution in [2.24, 2.45) is 0 Å². The molecule has 2 heterocycles. The van der Waals surface area contributed by atoms with Crippen LogP contribution in [0.4, 0.5) is 13.2 Å². The van der Waals surface area contributed by atoms with E-state index in [0.29, 0.717) is 5.56 Å². The van der Waals surface area contributed by atoms with Crippen molar-refractivity contribution in [3.63, 3.8) is 0 Å². The fourth-order valence-electron chi connectivity index (χ4n) is 1.59. The highest BCUT2D eigenvalue weighted by atomic mass is 35.5. The molecule has 0 unspecified atom stereocenters. The highest BCUT2D eigenvalue weighted by Crippen LogP contribution is 2.31. The lowest BCUT2D eigenvalue weighted by Crippen LogP contribution is -2.14. The zero-order valence-electron chi connectivity index (χ0n) is 9.52. The molecule has 0 saturated carbocycles. The first-order chi connectivity index (χ1) is 8.90. The van der Waals surface area contributed by atoms with Gasteiger partial charge in [0.05, 0.1) is 19.3 Å². The minimum absolute atomic E-state index is 0.0375. The summed E-state index contributed by atoms with van der Waals surface area (Å²) in [7, 11) is 0. The second kappa shape index (κ2) is 5.18. The predicted molar refractivity (Wildman–Crippen MR) is 61.5 cm³/mol. The zero-order valence-corrected chi connectivity index (χ0v) is 10.3. The van der Waals surface area contributed by atoms with Crippen LogP contribution in [0.25, 0.3) is 0 Å². The van der Waals surface area contributed by atoms with Crippen molar-refractivity contribution in [1.29, 1.82) is 0 Å². The third-order valence-electron chi connectivity index (χ3n) is 2.41. The van der Waals surface area contributed by atoms with Gasteiger partial charge < -0.3 is 5.11 Å². The lowest BCUT2D eigenvalue weighted by molar-refractivity contribution is -0.141. The molecule has 2 aromatic heterocycles. The quantitative estimate of drug-likeness (QED) is 0.884. The molecule has 0 fully saturated rings. The normalized spacial score (nSPS) is 11.8. The van der Waals surface area contributed by atoms with E-state index in [9.17, 15) is 13.2 Å². The maximum absolute atomic E-state index is 12.8. The van der Waals surface area contributed by atoms with Gasteiger partial charge in [0, 0.05) is 17.3 Å². The van der Waals surface area contributed by atoms with Crippen LogP contribution in [-0.2, 0) is 19.3 Å². The van der Waals surface area contributed by atoms with Gasteiger partial charge in [0.25, 0.3) is 0 Å². The molecule has 8 heteroatoms. The molecule has 102 valence electrons. The van der Waals surface area contributed by atoms with E-state index in [-0.39, 0.29) is 23.9 Å². The number of rotatable bonds is 3. The molecule has 0 aromatic carbocycles. The fraction of sp³-hybridized carbons (Fsp3) is 0.273. The lowest BCUT2D eigenvalue weighted by Gasteiger charge is -2.12. The van der Waals surface area contributed by atoms with E-state index in [0.717, 1.165) is 0 Å². The van der Waals surface area contributed by atoms with Crippen LogP contribution >= 0.6 is 11.6 Å². The summed E-state index contributed by atoms with van der Waals surface area (Å²) in [6.45, 7) is -0.315. The second-order valence-corrected chi connectivity index (χ2v) is 4.23. The Morgan fingerprint density at radius 3 is 2.63 bits per heavy atom. The molecule has 0 radical (unpaired) electrons. The minimum Gasteiger partial charge on any atom is -0.392 e. The van der Waals surface area contributed by atoms with Gasteiger partial charge in [0.15, 0.2) is 5.69 Å². The van der Waals surface area contributed by atoms with Crippen LogP contribution in [0.5, 0.6) is 0 Å². The van der Waals surface area contributed by atoms with Gasteiger partial charge in [-0.1, -0.05) is 17.7 Å². The van der Waals surface area contributed by atoms with Crippen LogP contribution in [0.3, 0.4) is 0 Å². The number of alkyl halides is 3. The minimum atomic E-state index is -4.58. The molecule has 4 nitrogen and oxygen atoms in total. The Bertz CT molecular complexity index is 583. The highest BCUT2D eigenvalue weighted by Gasteiger charge is 2.35. The molecule has 0 aliphatic rings. The average molecular weight is 292 g/mol. The predicted octanol–water partition coefficient (Wildman–Crippen LogP) is 2.49. The lowest BCUT2D eigenvalue weighted by atomic mass is 10.2. The molecule has 19 heavy (non-hydrogen) atoms. The second-order valence-electron chi connectivity index (χ2n) is 3.84. The first-order valence-corrected chi connectivity index (χ1v) is 5.63. The fourth-order valence-corrected chi connectivity index (χ4v) is 1.73. The third kappa shape index (κ3) is 3.24. The number of hydrogen-bond acceptors (Lipinski definition) is 3. The smallest absolute Gasteiger partial charge is 0.392 e. The number of pyridine rings is 1. The van der Waals surface area contributed by atoms with Crippen LogP contribution in [0.2, 0.25) is 5.15 Å². The molecule has 2 aromatic rings. The van der Waals surface area contributed by atoms with Gasteiger partial charge in [-0.25, -0.2) is 4.98 Å². The number of hydrogen-bond donors (Lipinski definition) is 1. The molecular weight excluding hydrogens is 283 g/mol. The van der Waals surface area contributed by atoms with Crippen molar-refractivity contribution >= 4 is 11.6 Å². The van der Waals surface area contributed by atoms with Gasteiger partial charge >= 0.3 is 6.18 Å². The third-order valence-corrected chi connectivity index (χ3v) is 2.63. The molecule has 0 atom stereocenters. The zero-order chi connectivity index (χ0) is 14.0. The summed E-state index contributed by atoms with van der Waals surface area (Å²) in [6.07, 6.45) is -1.72. The Labute approximate surface area is 111 Å². The number of aromatic nitrogens is 3. The first-order valence-electron chi connectivity index (χ1n) is 5.25. The van der Waals surface area contributed by atoms with Crippen molar-refractivity contribution in [1.82, 2.24) is 14.8 Å². The van der Waals surface area contributed by atoms with E-state index in [1.54, 1.807) is 0 Å². The largest absolute Gasteiger partial charge is 0.433 e. The molecule has 0 amide bonds. The van der Waals surface area contributed by atoms with Gasteiger partial charge in [-0.15, -0.1) is 0 Å². The first kappa shape index (κ1) is 13.8. The molecule has 2 rings (SSSR count). The van der Waals surface area contributed by atoms with Gasteiger partial charge in [-0.3, -0.25) is 4.68 Å². The monoisotopic (exact) mass is 291 g/mol. The topological polar surface area (TPSA) is 50.9 Å². The Balaban J connectivity index is 2.34. The van der Waals surface area contributed by atoms with Crippen LogP contribution in [-0.4, -0.2) is 19.9 Å². The Morgan fingerprint density at radius 2 is 2.05 bits per heavy atom. The van der Waals surface area contributed by atoms with Crippen LogP contribution in [0.15, 0.2) is 24.5 Å². The molecular formula is C11H9ClF3N3O. The molecule has 1 N–H and O–H groups in total. The van der Waals surface area contributed by atoms with Gasteiger partial charge in [0.1, 0.15) is 5.15 Å². The van der Waals surface area contributed by atoms with E-state index < -0.39 is 11.9 Å². The van der Waals surface area contributed by atoms with Crippen molar-refractivity contribution in [2.45, 2.75) is 19.3 Å². The van der Waals surface area contributed by atoms with Crippen molar-refractivity contribution in [3.05, 3.63) is 46.5 Å². The van der Waals surface area contributed by atoms with Crippen molar-refractivity contribution in [3.8, 4) is 0 Å². The summed E-state index contributed by atoms with van der Waals surface area (Å²) < 4.78 is 39.7. The molecule has 0 bridgehead atoms. The van der Waals surface area contributed by atoms with Crippen LogP contribution in [0, 0.1) is 0 Å². The van der Waals surface area contributed by atoms with Crippen LogP contribution in [0.1, 0.15) is 16.8 Å². The maximum Gasteiger partial charge on any atom is 0.433 e. The van der Waals surface area contributed by atoms with E-state index >= 15 is 0 Å². The Kier molecular flexibility index (Phi) is 3.77. The standard InChI is InChI=1S/C11H9ClF3N3O/c12-9-2-1-8(10(17-9)11(13,14)15)5-18-4-7(6-19)3-16-18/h1-4,19H,5-6H2. The summed E-state index contributed by atoms with van der Waals surface area (Å²) in [4.78, 5) is 3.32. The SMILES string of the molecule is OCc1cnn(Cc2ccc(Cl)nc2C(F)(F)F)c1. The maximum atomic E-state index is 12.8. The van der Waals surface area contributed by atoms with Crippen molar-refractivity contribution < 1.29 is 18.3 Å². The summed E-state index contributed by atoms with van der Waals surface area (Å²) in [5.74, 6) is 0. The van der Waals surface area contributed by atoms with Crippen molar-refractivity contribution in [2.75, 3.05) is 0 Å². The van der Waals surface area contributed by atoms with E-state index in [2.05, 4.69) is 10.1 Å². The Morgan fingerprint density at radius 1 is 1.32 bits per heavy atom. The highest BCUT2D eigenvalue weighted by molar-refractivity contribution is 6.29. The number of aliphatic hydroxyl groups is 1. The molecule has 0 saturated heterocycles. The van der Waals surface area contributed by atoms with E-state index in [4.69, 9.17) is 16.7 Å². The number of nitrogens with zero attached hydrogens (tertiary/aromatic N) is 3. The van der Waals surface area contributed by atoms with E-state index in [1.165, 1.54) is 29.2 Å². The van der Waals surface area contributed by atoms with Gasteiger partial charge in [0.2, 0.25) is 0 Å². The van der Waals surface area contributed by atoms with Gasteiger partial charge in [-0.05, 0) is 6.07 Å². The molecule has 0 aliphatic heterocycles. The summed E-state index contributed by atoms with van der Waals surface area (Å²) in [5, 5.41) is 12.5.